The Morgan fingerprint density at radius 3 is 1.94 bits per heavy atom. The van der Waals surface area contributed by atoms with E-state index in [1.54, 1.807) is 6.92 Å². The summed E-state index contributed by atoms with van der Waals surface area (Å²) >= 11 is 0. The van der Waals surface area contributed by atoms with Gasteiger partial charge in [0.2, 0.25) is 0 Å². The van der Waals surface area contributed by atoms with Gasteiger partial charge in [-0.3, -0.25) is 4.79 Å². The van der Waals surface area contributed by atoms with Gasteiger partial charge in [-0.1, -0.05) is 49.6 Å². The SMILES string of the molecule is C1CCCOCCC1.CC(=O)c1ccccc1. The maximum Gasteiger partial charge on any atom is 0.159 e. The third-order valence-electron chi connectivity index (χ3n) is 2.76. The summed E-state index contributed by atoms with van der Waals surface area (Å²) in [5.41, 5.74) is 0.775. The van der Waals surface area contributed by atoms with Crippen LogP contribution in [0, 0.1) is 0 Å². The highest BCUT2D eigenvalue weighted by atomic mass is 16.5. The van der Waals surface area contributed by atoms with Gasteiger partial charge in [0.05, 0.1) is 0 Å². The molecule has 2 heteroatoms. The van der Waals surface area contributed by atoms with E-state index in [0.29, 0.717) is 0 Å². The minimum absolute atomic E-state index is 0.121. The van der Waals surface area contributed by atoms with E-state index in [1.807, 2.05) is 30.3 Å². The first kappa shape index (κ1) is 13.9. The lowest BCUT2D eigenvalue weighted by molar-refractivity contribution is 0.101. The topological polar surface area (TPSA) is 26.3 Å². The summed E-state index contributed by atoms with van der Waals surface area (Å²) in [6, 6.07) is 9.23. The summed E-state index contributed by atoms with van der Waals surface area (Å²) in [7, 11) is 0. The van der Waals surface area contributed by atoms with Crippen molar-refractivity contribution in [2.24, 2.45) is 0 Å². The Kier molecular flexibility index (Phi) is 7.32. The highest BCUT2D eigenvalue weighted by Crippen LogP contribution is 2.06. The molecule has 94 valence electrons. The van der Waals surface area contributed by atoms with Crippen LogP contribution in [0.15, 0.2) is 30.3 Å². The Morgan fingerprint density at radius 2 is 1.47 bits per heavy atom. The fourth-order valence-electron chi connectivity index (χ4n) is 1.71. The molecule has 0 aromatic heterocycles. The summed E-state index contributed by atoms with van der Waals surface area (Å²) in [4.78, 5) is 10.6. The van der Waals surface area contributed by atoms with E-state index in [1.165, 1.54) is 32.1 Å². The lowest BCUT2D eigenvalue weighted by atomic mass is 10.1. The van der Waals surface area contributed by atoms with Gasteiger partial charge in [-0.2, -0.15) is 0 Å². The standard InChI is InChI=1S/C8H8O.C7H14O/c1-7(9)8-5-3-2-4-6-8;1-2-4-6-8-7-5-3-1/h2-6H,1H3;1-7H2. The zero-order valence-electron chi connectivity index (χ0n) is 10.7. The lowest BCUT2D eigenvalue weighted by Gasteiger charge is -2.07. The van der Waals surface area contributed by atoms with Gasteiger partial charge >= 0.3 is 0 Å². The van der Waals surface area contributed by atoms with E-state index >= 15 is 0 Å². The number of benzene rings is 1. The summed E-state index contributed by atoms with van der Waals surface area (Å²) in [6.07, 6.45) is 6.73. The lowest BCUT2D eigenvalue weighted by Crippen LogP contribution is -2.00. The van der Waals surface area contributed by atoms with Crippen LogP contribution in [-0.2, 0) is 4.74 Å². The van der Waals surface area contributed by atoms with Crippen LogP contribution >= 0.6 is 0 Å². The first-order valence-electron chi connectivity index (χ1n) is 6.44. The highest BCUT2D eigenvalue weighted by Gasteiger charge is 1.95. The number of carbonyl (C=O) groups is 1. The summed E-state index contributed by atoms with van der Waals surface area (Å²) < 4.78 is 5.27. The molecule has 0 saturated carbocycles. The van der Waals surface area contributed by atoms with Gasteiger partial charge in [0.15, 0.2) is 5.78 Å². The number of Topliss-reactive ketones (excluding diaryl/α,β-unsaturated/α-hetero) is 1. The second-order valence-corrected chi connectivity index (χ2v) is 4.30. The van der Waals surface area contributed by atoms with Gasteiger partial charge in [0, 0.05) is 18.8 Å². The smallest absolute Gasteiger partial charge is 0.159 e. The summed E-state index contributed by atoms with van der Waals surface area (Å²) in [5, 5.41) is 0. The average molecular weight is 234 g/mol. The molecule has 0 N–H and O–H groups in total. The molecule has 2 rings (SSSR count). The van der Waals surface area contributed by atoms with E-state index in [0.717, 1.165) is 18.8 Å². The van der Waals surface area contributed by atoms with Gasteiger partial charge in [0.1, 0.15) is 0 Å². The van der Waals surface area contributed by atoms with E-state index in [-0.39, 0.29) is 5.78 Å². The van der Waals surface area contributed by atoms with Crippen molar-refractivity contribution in [3.8, 4) is 0 Å². The van der Waals surface area contributed by atoms with Crippen molar-refractivity contribution in [2.75, 3.05) is 13.2 Å². The van der Waals surface area contributed by atoms with Crippen LogP contribution in [0.1, 0.15) is 49.4 Å². The van der Waals surface area contributed by atoms with Crippen LogP contribution in [-0.4, -0.2) is 19.0 Å². The first-order chi connectivity index (χ1) is 8.30. The van der Waals surface area contributed by atoms with Gasteiger partial charge < -0.3 is 4.74 Å². The van der Waals surface area contributed by atoms with Gasteiger partial charge in [0.25, 0.3) is 0 Å². The Morgan fingerprint density at radius 1 is 0.941 bits per heavy atom. The number of ether oxygens (including phenoxy) is 1. The Balaban J connectivity index is 0.000000171. The van der Waals surface area contributed by atoms with Gasteiger partial charge in [-0.25, -0.2) is 0 Å². The molecule has 17 heavy (non-hydrogen) atoms. The third-order valence-corrected chi connectivity index (χ3v) is 2.76. The summed E-state index contributed by atoms with van der Waals surface area (Å²) in [6.45, 7) is 3.56. The van der Waals surface area contributed by atoms with Crippen molar-refractivity contribution in [1.82, 2.24) is 0 Å². The molecule has 1 heterocycles. The maximum absolute atomic E-state index is 10.6. The van der Waals surface area contributed by atoms with E-state index < -0.39 is 0 Å². The molecule has 1 saturated heterocycles. The van der Waals surface area contributed by atoms with Crippen molar-refractivity contribution < 1.29 is 9.53 Å². The maximum atomic E-state index is 10.6. The molecule has 0 atom stereocenters. The largest absolute Gasteiger partial charge is 0.381 e. The molecule has 1 fully saturated rings. The molecule has 1 aliphatic heterocycles. The molecule has 0 bridgehead atoms. The molecule has 0 radical (unpaired) electrons. The van der Waals surface area contributed by atoms with Crippen molar-refractivity contribution in [2.45, 2.75) is 39.0 Å². The van der Waals surface area contributed by atoms with E-state index in [2.05, 4.69) is 0 Å². The Labute approximate surface area is 104 Å². The predicted octanol–water partition coefficient (Wildman–Crippen LogP) is 3.86. The van der Waals surface area contributed by atoms with Crippen LogP contribution < -0.4 is 0 Å². The zero-order valence-corrected chi connectivity index (χ0v) is 10.7. The van der Waals surface area contributed by atoms with Gasteiger partial charge in [-0.05, 0) is 19.8 Å². The van der Waals surface area contributed by atoms with Gasteiger partial charge in [-0.15, -0.1) is 0 Å². The minimum Gasteiger partial charge on any atom is -0.381 e. The second-order valence-electron chi connectivity index (χ2n) is 4.30. The van der Waals surface area contributed by atoms with E-state index in [9.17, 15) is 4.79 Å². The third kappa shape index (κ3) is 6.90. The fraction of sp³-hybridized carbons (Fsp3) is 0.533. The molecular weight excluding hydrogens is 212 g/mol. The number of hydrogen-bond acceptors (Lipinski definition) is 2. The number of rotatable bonds is 1. The molecular formula is C15H22O2. The Bertz CT molecular complexity index is 282. The van der Waals surface area contributed by atoms with Crippen molar-refractivity contribution in [3.63, 3.8) is 0 Å². The molecule has 0 amide bonds. The van der Waals surface area contributed by atoms with Crippen molar-refractivity contribution >= 4 is 5.78 Å². The second kappa shape index (κ2) is 8.94. The number of carbonyl (C=O) groups excluding carboxylic acids is 1. The molecule has 0 aliphatic carbocycles. The molecule has 2 nitrogen and oxygen atoms in total. The molecule has 0 unspecified atom stereocenters. The van der Waals surface area contributed by atoms with E-state index in [4.69, 9.17) is 4.74 Å². The molecule has 0 spiro atoms. The highest BCUT2D eigenvalue weighted by molar-refractivity contribution is 5.93. The van der Waals surface area contributed by atoms with Crippen LogP contribution in [0.4, 0.5) is 0 Å². The zero-order chi connectivity index (χ0) is 12.3. The number of ketones is 1. The van der Waals surface area contributed by atoms with Crippen LogP contribution in [0.2, 0.25) is 0 Å². The van der Waals surface area contributed by atoms with Crippen LogP contribution in [0.25, 0.3) is 0 Å². The first-order valence-corrected chi connectivity index (χ1v) is 6.44. The number of hydrogen-bond donors (Lipinski definition) is 0. The minimum atomic E-state index is 0.121. The normalized spacial score (nSPS) is 16.1. The molecule has 1 aromatic carbocycles. The molecule has 1 aliphatic rings. The van der Waals surface area contributed by atoms with Crippen LogP contribution in [0.3, 0.4) is 0 Å². The molecule has 1 aromatic rings. The summed E-state index contributed by atoms with van der Waals surface area (Å²) in [5.74, 6) is 0.121. The van der Waals surface area contributed by atoms with Crippen molar-refractivity contribution in [1.29, 1.82) is 0 Å². The average Bonchev–Trinajstić information content (AvgIpc) is 2.30. The Hall–Kier alpha value is -1.15. The quantitative estimate of drug-likeness (QED) is 0.690. The monoisotopic (exact) mass is 234 g/mol. The fourth-order valence-corrected chi connectivity index (χ4v) is 1.71. The predicted molar refractivity (Wildman–Crippen MR) is 70.4 cm³/mol. The van der Waals surface area contributed by atoms with Crippen LogP contribution in [0.5, 0.6) is 0 Å². The van der Waals surface area contributed by atoms with Crippen molar-refractivity contribution in [3.05, 3.63) is 35.9 Å².